The van der Waals surface area contributed by atoms with Gasteiger partial charge in [-0.1, -0.05) is 54.4 Å². The van der Waals surface area contributed by atoms with Crippen LogP contribution in [-0.4, -0.2) is 24.9 Å². The van der Waals surface area contributed by atoms with Crippen LogP contribution in [0.25, 0.3) is 6.08 Å². The largest absolute Gasteiger partial charge is 0.349 e. The van der Waals surface area contributed by atoms with Gasteiger partial charge in [-0.05, 0) is 48.7 Å². The number of rotatable bonds is 3. The predicted octanol–water partition coefficient (Wildman–Crippen LogP) is 5.12. The van der Waals surface area contributed by atoms with Crippen molar-refractivity contribution in [3.8, 4) is 0 Å². The number of carbonyl (C=O) groups excluding carboxylic acids is 2. The van der Waals surface area contributed by atoms with Gasteiger partial charge in [0, 0.05) is 28.6 Å². The molecule has 2 aromatic rings. The van der Waals surface area contributed by atoms with Gasteiger partial charge < -0.3 is 10.2 Å². The quantitative estimate of drug-likeness (QED) is 0.711. The van der Waals surface area contributed by atoms with Gasteiger partial charge in [0.1, 0.15) is 0 Å². The second kappa shape index (κ2) is 8.02. The number of likely N-dealkylation sites (N-methyl/N-ethyl adjacent to an activating group) is 1. The molecule has 144 valence electrons. The summed E-state index contributed by atoms with van der Waals surface area (Å²) in [5, 5.41) is 3.71. The molecule has 1 heterocycles. The van der Waals surface area contributed by atoms with Crippen molar-refractivity contribution in [2.75, 3.05) is 11.9 Å². The summed E-state index contributed by atoms with van der Waals surface area (Å²) in [7, 11) is 1.74. The minimum atomic E-state index is -0.106. The monoisotopic (exact) mass is 412 g/mol. The van der Waals surface area contributed by atoms with E-state index in [1.807, 2.05) is 36.4 Å². The van der Waals surface area contributed by atoms with Crippen LogP contribution >= 0.6 is 23.4 Å². The number of halogens is 1. The van der Waals surface area contributed by atoms with Crippen molar-refractivity contribution in [2.24, 2.45) is 0 Å². The molecule has 1 fully saturated rings. The summed E-state index contributed by atoms with van der Waals surface area (Å²) in [4.78, 5) is 28.6. The SMILES string of the molecule is CN1C(=O)C(=Cc2ccccc2Cl)Sc2ccc(C(=O)NC3CCCC3)cc21. The van der Waals surface area contributed by atoms with Crippen LogP contribution in [0.5, 0.6) is 0 Å². The second-order valence-corrected chi connectivity index (χ2v) is 8.62. The van der Waals surface area contributed by atoms with Crippen molar-refractivity contribution in [1.29, 1.82) is 0 Å². The molecule has 0 radical (unpaired) electrons. The van der Waals surface area contributed by atoms with Crippen LogP contribution in [0.2, 0.25) is 5.02 Å². The van der Waals surface area contributed by atoms with Gasteiger partial charge >= 0.3 is 0 Å². The van der Waals surface area contributed by atoms with E-state index in [-0.39, 0.29) is 17.9 Å². The van der Waals surface area contributed by atoms with Crippen molar-refractivity contribution in [2.45, 2.75) is 36.6 Å². The summed E-state index contributed by atoms with van der Waals surface area (Å²) in [6, 6.07) is 13.2. The van der Waals surface area contributed by atoms with E-state index in [0.717, 1.165) is 29.0 Å². The van der Waals surface area contributed by atoms with Gasteiger partial charge in [0.05, 0.1) is 10.6 Å². The first-order chi connectivity index (χ1) is 13.5. The molecular weight excluding hydrogens is 392 g/mol. The molecule has 0 atom stereocenters. The van der Waals surface area contributed by atoms with Crippen molar-refractivity contribution in [3.63, 3.8) is 0 Å². The smallest absolute Gasteiger partial charge is 0.264 e. The number of amides is 2. The van der Waals surface area contributed by atoms with Crippen LogP contribution in [-0.2, 0) is 4.79 Å². The molecule has 0 bridgehead atoms. The van der Waals surface area contributed by atoms with Gasteiger partial charge in [-0.25, -0.2) is 0 Å². The van der Waals surface area contributed by atoms with Gasteiger partial charge in [0.25, 0.3) is 11.8 Å². The van der Waals surface area contributed by atoms with Gasteiger partial charge in [-0.2, -0.15) is 0 Å². The Morgan fingerprint density at radius 3 is 2.71 bits per heavy atom. The molecule has 0 spiro atoms. The van der Waals surface area contributed by atoms with Crippen molar-refractivity contribution < 1.29 is 9.59 Å². The number of nitrogens with one attached hydrogen (secondary N) is 1. The third kappa shape index (κ3) is 3.82. The molecule has 4 nitrogen and oxygen atoms in total. The summed E-state index contributed by atoms with van der Waals surface area (Å²) in [6.07, 6.45) is 6.24. The number of thioether (sulfide) groups is 1. The van der Waals surface area contributed by atoms with E-state index >= 15 is 0 Å². The standard InChI is InChI=1S/C22H21ClN2O2S/c1-25-18-12-15(21(26)24-16-7-3-4-8-16)10-11-19(18)28-20(22(25)27)13-14-6-2-5-9-17(14)23/h2,5-6,9-13,16H,3-4,7-8H2,1H3,(H,24,26). The Morgan fingerprint density at radius 2 is 1.96 bits per heavy atom. The van der Waals surface area contributed by atoms with E-state index in [2.05, 4.69) is 5.32 Å². The van der Waals surface area contributed by atoms with E-state index in [4.69, 9.17) is 11.6 Å². The molecule has 1 aliphatic heterocycles. The average Bonchev–Trinajstić information content (AvgIpc) is 3.20. The third-order valence-corrected chi connectivity index (χ3v) is 6.62. The van der Waals surface area contributed by atoms with E-state index in [1.165, 1.54) is 24.6 Å². The lowest BCUT2D eigenvalue weighted by atomic mass is 10.1. The molecule has 1 N–H and O–H groups in total. The Kier molecular flexibility index (Phi) is 5.47. The number of benzene rings is 2. The highest BCUT2D eigenvalue weighted by Crippen LogP contribution is 2.42. The van der Waals surface area contributed by atoms with Crippen molar-refractivity contribution in [1.82, 2.24) is 5.32 Å². The zero-order chi connectivity index (χ0) is 19.7. The Balaban J connectivity index is 1.60. The number of hydrogen-bond donors (Lipinski definition) is 1. The topological polar surface area (TPSA) is 49.4 Å². The van der Waals surface area contributed by atoms with Crippen LogP contribution < -0.4 is 10.2 Å². The Labute approximate surface area is 173 Å². The summed E-state index contributed by atoms with van der Waals surface area (Å²) < 4.78 is 0. The van der Waals surface area contributed by atoms with E-state index in [9.17, 15) is 9.59 Å². The molecule has 1 saturated carbocycles. The average molecular weight is 413 g/mol. The van der Waals surface area contributed by atoms with E-state index in [0.29, 0.717) is 15.5 Å². The Hall–Kier alpha value is -2.24. The summed E-state index contributed by atoms with van der Waals surface area (Å²) in [5.41, 5.74) is 2.15. The highest BCUT2D eigenvalue weighted by atomic mass is 35.5. The molecule has 0 aromatic heterocycles. The Morgan fingerprint density at radius 1 is 1.21 bits per heavy atom. The molecule has 6 heteroatoms. The number of hydrogen-bond acceptors (Lipinski definition) is 3. The molecular formula is C22H21ClN2O2S. The molecule has 28 heavy (non-hydrogen) atoms. The number of fused-ring (bicyclic) bond motifs is 1. The highest BCUT2D eigenvalue weighted by Gasteiger charge is 2.28. The lowest BCUT2D eigenvalue weighted by Crippen LogP contribution is -2.33. The van der Waals surface area contributed by atoms with E-state index < -0.39 is 0 Å². The molecule has 0 unspecified atom stereocenters. The van der Waals surface area contributed by atoms with Crippen LogP contribution in [0.3, 0.4) is 0 Å². The predicted molar refractivity (Wildman–Crippen MR) is 115 cm³/mol. The minimum Gasteiger partial charge on any atom is -0.349 e. The molecule has 4 rings (SSSR count). The minimum absolute atomic E-state index is 0.0713. The first-order valence-electron chi connectivity index (χ1n) is 9.40. The fourth-order valence-corrected chi connectivity index (χ4v) is 4.88. The second-order valence-electron chi connectivity index (χ2n) is 7.13. The number of anilines is 1. The van der Waals surface area contributed by atoms with Crippen molar-refractivity contribution >= 4 is 46.9 Å². The van der Waals surface area contributed by atoms with Gasteiger partial charge in [0.15, 0.2) is 0 Å². The fraction of sp³-hybridized carbons (Fsp3) is 0.273. The molecule has 2 amide bonds. The van der Waals surface area contributed by atoms with Crippen LogP contribution in [0.1, 0.15) is 41.6 Å². The van der Waals surface area contributed by atoms with Crippen LogP contribution in [0.15, 0.2) is 52.3 Å². The zero-order valence-corrected chi connectivity index (χ0v) is 17.1. The molecule has 1 aliphatic carbocycles. The van der Waals surface area contributed by atoms with E-state index in [1.54, 1.807) is 24.1 Å². The highest BCUT2D eigenvalue weighted by molar-refractivity contribution is 8.04. The van der Waals surface area contributed by atoms with Crippen LogP contribution in [0.4, 0.5) is 5.69 Å². The maximum absolute atomic E-state index is 12.9. The van der Waals surface area contributed by atoms with Crippen LogP contribution in [0, 0.1) is 0 Å². The molecule has 2 aliphatic rings. The fourth-order valence-electron chi connectivity index (χ4n) is 3.61. The Bertz CT molecular complexity index is 967. The lowest BCUT2D eigenvalue weighted by molar-refractivity contribution is -0.114. The lowest BCUT2D eigenvalue weighted by Gasteiger charge is -2.27. The first kappa shape index (κ1) is 19.1. The first-order valence-corrected chi connectivity index (χ1v) is 10.6. The normalized spacial score (nSPS) is 18.4. The summed E-state index contributed by atoms with van der Waals surface area (Å²) in [5.74, 6) is -0.177. The van der Waals surface area contributed by atoms with Gasteiger partial charge in [-0.15, -0.1) is 0 Å². The maximum atomic E-state index is 12.9. The van der Waals surface area contributed by atoms with Crippen molar-refractivity contribution in [3.05, 3.63) is 63.5 Å². The number of carbonyl (C=O) groups is 2. The zero-order valence-electron chi connectivity index (χ0n) is 15.6. The van der Waals surface area contributed by atoms with Gasteiger partial charge in [0.2, 0.25) is 0 Å². The number of nitrogens with zero attached hydrogens (tertiary/aromatic N) is 1. The maximum Gasteiger partial charge on any atom is 0.264 e. The third-order valence-electron chi connectivity index (χ3n) is 5.20. The summed E-state index contributed by atoms with van der Waals surface area (Å²) >= 11 is 7.64. The summed E-state index contributed by atoms with van der Waals surface area (Å²) in [6.45, 7) is 0. The van der Waals surface area contributed by atoms with Gasteiger partial charge in [-0.3, -0.25) is 9.59 Å². The molecule has 2 aromatic carbocycles. The molecule has 0 saturated heterocycles.